The van der Waals surface area contributed by atoms with Crippen LogP contribution >= 0.6 is 0 Å². The van der Waals surface area contributed by atoms with E-state index in [1.807, 2.05) is 13.8 Å². The predicted octanol–water partition coefficient (Wildman–Crippen LogP) is 2.06. The Morgan fingerprint density at radius 3 is 2.30 bits per heavy atom. The molecule has 0 aromatic heterocycles. The number of carbonyl (C=O) groups excluding carboxylic acids is 2. The number of nitrogens with one attached hydrogen (secondary N) is 3. The van der Waals surface area contributed by atoms with E-state index < -0.39 is 12.0 Å². The van der Waals surface area contributed by atoms with E-state index in [-0.39, 0.29) is 18.9 Å². The average molecular weight is 321 g/mol. The van der Waals surface area contributed by atoms with Crippen molar-refractivity contribution in [1.82, 2.24) is 10.6 Å². The standard InChI is InChI=1S/C16H23N3O4/c1-11(2)10-18-15(22)12-5-7-13(8-6-12)19-16(23)17-9-3-4-14(20)21/h5-8,11H,3-4,9-10H2,1-2H3,(H,18,22)(H,20,21)(H2,17,19,23). The Kier molecular flexibility index (Phi) is 7.59. The van der Waals surface area contributed by atoms with Crippen molar-refractivity contribution < 1.29 is 19.5 Å². The smallest absolute Gasteiger partial charge is 0.319 e. The van der Waals surface area contributed by atoms with Gasteiger partial charge in [0.1, 0.15) is 0 Å². The fourth-order valence-corrected chi connectivity index (χ4v) is 1.72. The van der Waals surface area contributed by atoms with Gasteiger partial charge in [0.05, 0.1) is 0 Å². The molecule has 7 heteroatoms. The van der Waals surface area contributed by atoms with E-state index in [2.05, 4.69) is 16.0 Å². The molecule has 1 aromatic rings. The van der Waals surface area contributed by atoms with Gasteiger partial charge in [0.25, 0.3) is 5.91 Å². The number of rotatable bonds is 8. The van der Waals surface area contributed by atoms with Crippen LogP contribution < -0.4 is 16.0 Å². The van der Waals surface area contributed by atoms with E-state index in [1.165, 1.54) is 0 Å². The maximum absolute atomic E-state index is 11.9. The SMILES string of the molecule is CC(C)CNC(=O)c1ccc(NC(=O)NCCCC(=O)O)cc1. The number of urea groups is 1. The highest BCUT2D eigenvalue weighted by molar-refractivity contribution is 5.95. The van der Waals surface area contributed by atoms with Crippen molar-refractivity contribution in [3.05, 3.63) is 29.8 Å². The summed E-state index contributed by atoms with van der Waals surface area (Å²) in [5.41, 5.74) is 1.08. The molecule has 23 heavy (non-hydrogen) atoms. The van der Waals surface area contributed by atoms with E-state index in [9.17, 15) is 14.4 Å². The number of amides is 3. The van der Waals surface area contributed by atoms with Crippen molar-refractivity contribution in [2.45, 2.75) is 26.7 Å². The number of carbonyl (C=O) groups is 3. The van der Waals surface area contributed by atoms with Crippen molar-refractivity contribution in [3.8, 4) is 0 Å². The maximum Gasteiger partial charge on any atom is 0.319 e. The lowest BCUT2D eigenvalue weighted by Crippen LogP contribution is -2.30. The molecule has 0 aliphatic carbocycles. The van der Waals surface area contributed by atoms with Crippen molar-refractivity contribution in [1.29, 1.82) is 0 Å². The van der Waals surface area contributed by atoms with Gasteiger partial charge in [-0.2, -0.15) is 0 Å². The van der Waals surface area contributed by atoms with Gasteiger partial charge in [-0.15, -0.1) is 0 Å². The largest absolute Gasteiger partial charge is 0.481 e. The van der Waals surface area contributed by atoms with Gasteiger partial charge in [-0.1, -0.05) is 13.8 Å². The van der Waals surface area contributed by atoms with Gasteiger partial charge in [-0.3, -0.25) is 9.59 Å². The highest BCUT2D eigenvalue weighted by Gasteiger charge is 2.07. The Labute approximate surface area is 135 Å². The van der Waals surface area contributed by atoms with Gasteiger partial charge in [-0.25, -0.2) is 4.79 Å². The zero-order chi connectivity index (χ0) is 17.2. The summed E-state index contributed by atoms with van der Waals surface area (Å²) in [4.78, 5) is 33.8. The Morgan fingerprint density at radius 2 is 1.74 bits per heavy atom. The molecular formula is C16H23N3O4. The number of aliphatic carboxylic acids is 1. The van der Waals surface area contributed by atoms with Crippen LogP contribution in [0.4, 0.5) is 10.5 Å². The second-order valence-electron chi connectivity index (χ2n) is 5.56. The third kappa shape index (κ3) is 7.85. The monoisotopic (exact) mass is 321 g/mol. The lowest BCUT2D eigenvalue weighted by molar-refractivity contribution is -0.137. The number of carboxylic acid groups (broad SMARTS) is 1. The van der Waals surface area contributed by atoms with Crippen LogP contribution in [-0.2, 0) is 4.79 Å². The molecule has 4 N–H and O–H groups in total. The van der Waals surface area contributed by atoms with Crippen LogP contribution in [0.3, 0.4) is 0 Å². The summed E-state index contributed by atoms with van der Waals surface area (Å²) in [5, 5.41) is 16.5. The number of hydrogen-bond donors (Lipinski definition) is 4. The fourth-order valence-electron chi connectivity index (χ4n) is 1.72. The van der Waals surface area contributed by atoms with Gasteiger partial charge in [-0.05, 0) is 36.6 Å². The zero-order valence-electron chi connectivity index (χ0n) is 13.4. The van der Waals surface area contributed by atoms with E-state index >= 15 is 0 Å². The molecule has 0 aliphatic rings. The van der Waals surface area contributed by atoms with Crippen LogP contribution in [0.5, 0.6) is 0 Å². The quantitative estimate of drug-likeness (QED) is 0.550. The number of anilines is 1. The van der Waals surface area contributed by atoms with E-state index in [1.54, 1.807) is 24.3 Å². The first kappa shape index (κ1) is 18.5. The molecule has 0 heterocycles. The van der Waals surface area contributed by atoms with Crippen LogP contribution in [0, 0.1) is 5.92 Å². The zero-order valence-corrected chi connectivity index (χ0v) is 13.4. The van der Waals surface area contributed by atoms with Gasteiger partial charge in [0.15, 0.2) is 0 Å². The molecular weight excluding hydrogens is 298 g/mol. The number of hydrogen-bond acceptors (Lipinski definition) is 3. The van der Waals surface area contributed by atoms with Gasteiger partial charge < -0.3 is 21.1 Å². The molecule has 0 bridgehead atoms. The van der Waals surface area contributed by atoms with Gasteiger partial charge in [0.2, 0.25) is 0 Å². The minimum absolute atomic E-state index is 0.0144. The summed E-state index contributed by atoms with van der Waals surface area (Å²) in [5.74, 6) is -0.661. The molecule has 126 valence electrons. The highest BCUT2D eigenvalue weighted by atomic mass is 16.4. The van der Waals surface area contributed by atoms with Crippen LogP contribution in [0.25, 0.3) is 0 Å². The molecule has 0 saturated carbocycles. The van der Waals surface area contributed by atoms with Crippen LogP contribution in [0.2, 0.25) is 0 Å². The topological polar surface area (TPSA) is 108 Å². The normalized spacial score (nSPS) is 10.2. The molecule has 0 saturated heterocycles. The number of benzene rings is 1. The summed E-state index contributed by atoms with van der Waals surface area (Å²) in [6.45, 7) is 4.93. The van der Waals surface area contributed by atoms with E-state index in [4.69, 9.17) is 5.11 Å². The van der Waals surface area contributed by atoms with Crippen molar-refractivity contribution >= 4 is 23.6 Å². The third-order valence-corrected chi connectivity index (χ3v) is 2.93. The Hall–Kier alpha value is -2.57. The second kappa shape index (κ2) is 9.45. The first-order valence-electron chi connectivity index (χ1n) is 7.53. The minimum Gasteiger partial charge on any atom is -0.481 e. The molecule has 0 unspecified atom stereocenters. The lowest BCUT2D eigenvalue weighted by atomic mass is 10.1. The lowest BCUT2D eigenvalue weighted by Gasteiger charge is -2.09. The first-order valence-corrected chi connectivity index (χ1v) is 7.53. The second-order valence-corrected chi connectivity index (χ2v) is 5.56. The minimum atomic E-state index is -0.890. The molecule has 0 atom stereocenters. The average Bonchev–Trinajstić information content (AvgIpc) is 2.49. The molecule has 7 nitrogen and oxygen atoms in total. The summed E-state index contributed by atoms with van der Waals surface area (Å²) < 4.78 is 0. The molecule has 1 aromatic carbocycles. The maximum atomic E-state index is 11.9. The van der Waals surface area contributed by atoms with Crippen molar-refractivity contribution in [2.75, 3.05) is 18.4 Å². The summed E-state index contributed by atoms with van der Waals surface area (Å²) in [6.07, 6.45) is 0.387. The van der Waals surface area contributed by atoms with E-state index in [0.717, 1.165) is 0 Å². The summed E-state index contributed by atoms with van der Waals surface area (Å²) in [7, 11) is 0. The highest BCUT2D eigenvalue weighted by Crippen LogP contribution is 2.09. The summed E-state index contributed by atoms with van der Waals surface area (Å²) in [6, 6.07) is 6.14. The fraction of sp³-hybridized carbons (Fsp3) is 0.438. The summed E-state index contributed by atoms with van der Waals surface area (Å²) >= 11 is 0. The molecule has 0 spiro atoms. The van der Waals surface area contributed by atoms with Crippen molar-refractivity contribution in [3.63, 3.8) is 0 Å². The van der Waals surface area contributed by atoms with Crippen LogP contribution in [0.15, 0.2) is 24.3 Å². The van der Waals surface area contributed by atoms with Gasteiger partial charge >= 0.3 is 12.0 Å². The Balaban J connectivity index is 2.39. The van der Waals surface area contributed by atoms with Crippen molar-refractivity contribution in [2.24, 2.45) is 5.92 Å². The molecule has 0 aliphatic heterocycles. The molecule has 0 fully saturated rings. The Morgan fingerprint density at radius 1 is 1.09 bits per heavy atom. The molecule has 1 rings (SSSR count). The van der Waals surface area contributed by atoms with Crippen LogP contribution in [-0.4, -0.2) is 36.1 Å². The van der Waals surface area contributed by atoms with Crippen LogP contribution in [0.1, 0.15) is 37.0 Å². The number of carboxylic acids is 1. The Bertz CT molecular complexity index is 541. The molecule has 0 radical (unpaired) electrons. The first-order chi connectivity index (χ1) is 10.9. The van der Waals surface area contributed by atoms with E-state index in [0.29, 0.717) is 30.1 Å². The molecule has 3 amide bonds. The third-order valence-electron chi connectivity index (χ3n) is 2.93. The predicted molar refractivity (Wildman–Crippen MR) is 87.5 cm³/mol. The van der Waals surface area contributed by atoms with Gasteiger partial charge in [0, 0.05) is 30.8 Å².